The number of oxazole rings is 1. The van der Waals surface area contributed by atoms with Gasteiger partial charge < -0.3 is 10.2 Å². The standard InChI is InChI=1S/C10H16N2OS/c11-6-9-7-13-10(12-9)5-8-1-3-14-4-2-8/h7-8H,1-6,11H2. The molecule has 3 nitrogen and oxygen atoms in total. The minimum absolute atomic E-state index is 0.476. The zero-order valence-corrected chi connectivity index (χ0v) is 9.05. The van der Waals surface area contributed by atoms with Gasteiger partial charge in [-0.25, -0.2) is 4.98 Å². The molecule has 4 heteroatoms. The molecule has 0 saturated carbocycles. The Balaban J connectivity index is 1.89. The van der Waals surface area contributed by atoms with Gasteiger partial charge in [0.1, 0.15) is 6.26 Å². The topological polar surface area (TPSA) is 52.0 Å². The third kappa shape index (κ3) is 2.51. The van der Waals surface area contributed by atoms with E-state index in [0.717, 1.165) is 23.9 Å². The van der Waals surface area contributed by atoms with Gasteiger partial charge in [0.25, 0.3) is 0 Å². The zero-order valence-electron chi connectivity index (χ0n) is 8.24. The van der Waals surface area contributed by atoms with E-state index >= 15 is 0 Å². The fourth-order valence-corrected chi connectivity index (χ4v) is 2.94. The maximum atomic E-state index is 5.47. The summed E-state index contributed by atoms with van der Waals surface area (Å²) in [6, 6.07) is 0. The van der Waals surface area contributed by atoms with Crippen LogP contribution in [-0.2, 0) is 13.0 Å². The molecule has 0 amide bonds. The van der Waals surface area contributed by atoms with Gasteiger partial charge in [0.05, 0.1) is 5.69 Å². The molecule has 2 heterocycles. The van der Waals surface area contributed by atoms with E-state index < -0.39 is 0 Å². The third-order valence-electron chi connectivity index (χ3n) is 2.61. The van der Waals surface area contributed by atoms with Crippen LogP contribution in [0.25, 0.3) is 0 Å². The maximum absolute atomic E-state index is 5.47. The summed E-state index contributed by atoms with van der Waals surface area (Å²) in [4.78, 5) is 4.32. The highest BCUT2D eigenvalue weighted by Gasteiger charge is 2.16. The first-order valence-electron chi connectivity index (χ1n) is 5.09. The number of nitrogens with two attached hydrogens (primary N) is 1. The molecule has 14 heavy (non-hydrogen) atoms. The molecule has 1 aliphatic rings. The highest BCUT2D eigenvalue weighted by Crippen LogP contribution is 2.25. The van der Waals surface area contributed by atoms with E-state index in [2.05, 4.69) is 4.98 Å². The van der Waals surface area contributed by atoms with Gasteiger partial charge in [0, 0.05) is 13.0 Å². The average molecular weight is 212 g/mol. The van der Waals surface area contributed by atoms with E-state index in [4.69, 9.17) is 10.2 Å². The van der Waals surface area contributed by atoms with E-state index in [-0.39, 0.29) is 0 Å². The molecule has 1 aliphatic heterocycles. The maximum Gasteiger partial charge on any atom is 0.194 e. The molecule has 1 aromatic rings. The van der Waals surface area contributed by atoms with Crippen molar-refractivity contribution in [3.8, 4) is 0 Å². The van der Waals surface area contributed by atoms with Gasteiger partial charge in [-0.15, -0.1) is 0 Å². The number of thioether (sulfide) groups is 1. The minimum atomic E-state index is 0.476. The molecule has 2 N–H and O–H groups in total. The molecule has 1 aromatic heterocycles. The molecule has 78 valence electrons. The van der Waals surface area contributed by atoms with E-state index in [0.29, 0.717) is 6.54 Å². The Hall–Kier alpha value is -0.480. The number of aromatic nitrogens is 1. The molecular formula is C10H16N2OS. The van der Waals surface area contributed by atoms with Crippen molar-refractivity contribution in [3.63, 3.8) is 0 Å². The van der Waals surface area contributed by atoms with Crippen molar-refractivity contribution < 1.29 is 4.42 Å². The summed E-state index contributed by atoms with van der Waals surface area (Å²) in [7, 11) is 0. The van der Waals surface area contributed by atoms with E-state index in [1.54, 1.807) is 6.26 Å². The first kappa shape index (κ1) is 10.1. The second kappa shape index (κ2) is 4.84. The summed E-state index contributed by atoms with van der Waals surface area (Å²) in [5, 5.41) is 0. The normalized spacial score (nSPS) is 18.6. The Morgan fingerprint density at radius 3 is 2.93 bits per heavy atom. The molecule has 1 fully saturated rings. The van der Waals surface area contributed by atoms with Crippen molar-refractivity contribution in [1.29, 1.82) is 0 Å². The fourth-order valence-electron chi connectivity index (χ4n) is 1.73. The minimum Gasteiger partial charge on any atom is -0.449 e. The van der Waals surface area contributed by atoms with Gasteiger partial charge in [0.15, 0.2) is 5.89 Å². The lowest BCUT2D eigenvalue weighted by atomic mass is 9.99. The molecule has 0 unspecified atom stereocenters. The van der Waals surface area contributed by atoms with Gasteiger partial charge in [-0.3, -0.25) is 0 Å². The molecule has 0 spiro atoms. The number of hydrogen-bond acceptors (Lipinski definition) is 4. The van der Waals surface area contributed by atoms with Crippen LogP contribution in [0.3, 0.4) is 0 Å². The van der Waals surface area contributed by atoms with Crippen LogP contribution in [0, 0.1) is 5.92 Å². The summed E-state index contributed by atoms with van der Waals surface area (Å²) in [6.07, 6.45) is 5.25. The average Bonchev–Trinajstić information content (AvgIpc) is 2.67. The van der Waals surface area contributed by atoms with Crippen molar-refractivity contribution in [1.82, 2.24) is 4.98 Å². The number of rotatable bonds is 3. The summed E-state index contributed by atoms with van der Waals surface area (Å²) >= 11 is 2.05. The predicted octanol–water partition coefficient (Wildman–Crippen LogP) is 1.82. The van der Waals surface area contributed by atoms with Crippen LogP contribution in [0.2, 0.25) is 0 Å². The lowest BCUT2D eigenvalue weighted by Gasteiger charge is -2.19. The van der Waals surface area contributed by atoms with Crippen molar-refractivity contribution in [2.75, 3.05) is 11.5 Å². The van der Waals surface area contributed by atoms with Gasteiger partial charge in [-0.05, 0) is 30.3 Å². The quantitative estimate of drug-likeness (QED) is 0.830. The molecule has 1 saturated heterocycles. The van der Waals surface area contributed by atoms with Crippen molar-refractivity contribution >= 4 is 11.8 Å². The Morgan fingerprint density at radius 2 is 2.29 bits per heavy atom. The fraction of sp³-hybridized carbons (Fsp3) is 0.700. The number of hydrogen-bond donors (Lipinski definition) is 1. The second-order valence-corrected chi connectivity index (χ2v) is 4.92. The van der Waals surface area contributed by atoms with Crippen molar-refractivity contribution in [2.24, 2.45) is 11.7 Å². The van der Waals surface area contributed by atoms with Crippen LogP contribution in [0.1, 0.15) is 24.4 Å². The lowest BCUT2D eigenvalue weighted by molar-refractivity contribution is 0.408. The lowest BCUT2D eigenvalue weighted by Crippen LogP contribution is -2.12. The van der Waals surface area contributed by atoms with E-state index in [1.807, 2.05) is 11.8 Å². The SMILES string of the molecule is NCc1coc(CC2CCSCC2)n1. The Kier molecular flexibility index (Phi) is 3.48. The van der Waals surface area contributed by atoms with Crippen LogP contribution in [0.15, 0.2) is 10.7 Å². The highest BCUT2D eigenvalue weighted by atomic mass is 32.2. The highest BCUT2D eigenvalue weighted by molar-refractivity contribution is 7.99. The largest absolute Gasteiger partial charge is 0.449 e. The van der Waals surface area contributed by atoms with Crippen LogP contribution >= 0.6 is 11.8 Å². The molecule has 0 aliphatic carbocycles. The van der Waals surface area contributed by atoms with Gasteiger partial charge in [0.2, 0.25) is 0 Å². The van der Waals surface area contributed by atoms with Crippen molar-refractivity contribution in [3.05, 3.63) is 17.8 Å². The van der Waals surface area contributed by atoms with E-state index in [1.165, 1.54) is 24.3 Å². The predicted molar refractivity (Wildman–Crippen MR) is 58.1 cm³/mol. The third-order valence-corrected chi connectivity index (χ3v) is 3.66. The summed E-state index contributed by atoms with van der Waals surface area (Å²) in [5.74, 6) is 4.20. The smallest absolute Gasteiger partial charge is 0.194 e. The van der Waals surface area contributed by atoms with Crippen molar-refractivity contribution in [2.45, 2.75) is 25.8 Å². The molecule has 0 bridgehead atoms. The first-order chi connectivity index (χ1) is 6.88. The van der Waals surface area contributed by atoms with Crippen LogP contribution < -0.4 is 5.73 Å². The second-order valence-electron chi connectivity index (χ2n) is 3.70. The Bertz CT molecular complexity index is 281. The molecule has 0 atom stereocenters. The molecular weight excluding hydrogens is 196 g/mol. The van der Waals surface area contributed by atoms with Gasteiger partial charge >= 0.3 is 0 Å². The van der Waals surface area contributed by atoms with E-state index in [9.17, 15) is 0 Å². The van der Waals surface area contributed by atoms with Crippen LogP contribution in [-0.4, -0.2) is 16.5 Å². The summed E-state index contributed by atoms with van der Waals surface area (Å²) in [6.45, 7) is 0.476. The summed E-state index contributed by atoms with van der Waals surface area (Å²) in [5.41, 5.74) is 6.34. The summed E-state index contributed by atoms with van der Waals surface area (Å²) < 4.78 is 5.36. The van der Waals surface area contributed by atoms with Crippen LogP contribution in [0.5, 0.6) is 0 Å². The Labute approximate surface area is 88.5 Å². The Morgan fingerprint density at radius 1 is 1.50 bits per heavy atom. The molecule has 0 aromatic carbocycles. The van der Waals surface area contributed by atoms with Crippen LogP contribution in [0.4, 0.5) is 0 Å². The molecule has 2 rings (SSSR count). The zero-order chi connectivity index (χ0) is 9.80. The molecule has 0 radical (unpaired) electrons. The number of nitrogens with zero attached hydrogens (tertiary/aromatic N) is 1. The monoisotopic (exact) mass is 212 g/mol. The van der Waals surface area contributed by atoms with Gasteiger partial charge in [-0.1, -0.05) is 0 Å². The van der Waals surface area contributed by atoms with Gasteiger partial charge in [-0.2, -0.15) is 11.8 Å². The first-order valence-corrected chi connectivity index (χ1v) is 6.25.